The standard InChI is InChI=1S/C20H28FNO3/c1-13-5-6-14(9-17(13)21)10-20(24)11-15-7-8-16(12-20)22(15)18(23)25-19(2,3)4/h5-6,9,15-16,24H,7-8,10-12H2,1-4H3. The van der Waals surface area contributed by atoms with E-state index < -0.39 is 11.2 Å². The number of halogens is 1. The number of ether oxygens (including phenoxy) is 1. The largest absolute Gasteiger partial charge is 0.444 e. The Bertz CT molecular complexity index is 653. The van der Waals surface area contributed by atoms with Crippen LogP contribution in [-0.2, 0) is 11.2 Å². The Balaban J connectivity index is 1.72. The fourth-order valence-electron chi connectivity index (χ4n) is 4.21. The highest BCUT2D eigenvalue weighted by Crippen LogP contribution is 2.43. The normalized spacial score (nSPS) is 29.0. The number of piperidine rings is 1. The van der Waals surface area contributed by atoms with Gasteiger partial charge < -0.3 is 14.7 Å². The van der Waals surface area contributed by atoms with Crippen LogP contribution in [0.1, 0.15) is 57.6 Å². The van der Waals surface area contributed by atoms with Gasteiger partial charge in [-0.05, 0) is 70.6 Å². The minimum atomic E-state index is -0.897. The molecule has 1 N–H and O–H groups in total. The lowest BCUT2D eigenvalue weighted by Gasteiger charge is -2.44. The van der Waals surface area contributed by atoms with Crippen molar-refractivity contribution in [3.05, 3.63) is 35.1 Å². The Morgan fingerprint density at radius 3 is 2.44 bits per heavy atom. The summed E-state index contributed by atoms with van der Waals surface area (Å²) in [4.78, 5) is 14.3. The van der Waals surface area contributed by atoms with Gasteiger partial charge in [-0.2, -0.15) is 0 Å². The van der Waals surface area contributed by atoms with E-state index in [1.54, 1.807) is 13.0 Å². The zero-order valence-electron chi connectivity index (χ0n) is 15.5. The number of rotatable bonds is 2. The summed E-state index contributed by atoms with van der Waals surface area (Å²) in [5, 5.41) is 11.1. The van der Waals surface area contributed by atoms with Crippen LogP contribution in [0, 0.1) is 12.7 Å². The average molecular weight is 349 g/mol. The first kappa shape index (κ1) is 18.2. The molecule has 0 aromatic heterocycles. The minimum absolute atomic E-state index is 0.00565. The van der Waals surface area contributed by atoms with E-state index in [0.29, 0.717) is 24.8 Å². The molecule has 2 saturated heterocycles. The molecule has 25 heavy (non-hydrogen) atoms. The van der Waals surface area contributed by atoms with Crippen LogP contribution in [0.4, 0.5) is 9.18 Å². The summed E-state index contributed by atoms with van der Waals surface area (Å²) < 4.78 is 19.3. The molecule has 2 heterocycles. The molecule has 1 amide bonds. The summed E-state index contributed by atoms with van der Waals surface area (Å²) in [7, 11) is 0. The van der Waals surface area contributed by atoms with Gasteiger partial charge in [0.05, 0.1) is 5.60 Å². The lowest BCUT2D eigenvalue weighted by molar-refractivity contribution is -0.0579. The van der Waals surface area contributed by atoms with E-state index in [4.69, 9.17) is 4.74 Å². The maximum absolute atomic E-state index is 13.8. The highest BCUT2D eigenvalue weighted by Gasteiger charge is 2.50. The monoisotopic (exact) mass is 349 g/mol. The predicted octanol–water partition coefficient (Wildman–Crippen LogP) is 3.97. The highest BCUT2D eigenvalue weighted by atomic mass is 19.1. The van der Waals surface area contributed by atoms with Gasteiger partial charge in [0.1, 0.15) is 11.4 Å². The average Bonchev–Trinajstić information content (AvgIpc) is 2.74. The summed E-state index contributed by atoms with van der Waals surface area (Å²) in [6.45, 7) is 7.31. The number of nitrogens with zero attached hydrogens (tertiary/aromatic N) is 1. The molecule has 2 aliphatic heterocycles. The molecule has 138 valence electrons. The quantitative estimate of drug-likeness (QED) is 0.879. The van der Waals surface area contributed by atoms with Crippen LogP contribution in [-0.4, -0.2) is 39.4 Å². The first-order chi connectivity index (χ1) is 11.6. The minimum Gasteiger partial charge on any atom is -0.444 e. The summed E-state index contributed by atoms with van der Waals surface area (Å²) in [6, 6.07) is 5.12. The molecular weight excluding hydrogens is 321 g/mol. The van der Waals surface area contributed by atoms with Crippen molar-refractivity contribution in [1.29, 1.82) is 0 Å². The van der Waals surface area contributed by atoms with Crippen molar-refractivity contribution in [1.82, 2.24) is 4.90 Å². The van der Waals surface area contributed by atoms with Gasteiger partial charge in [-0.15, -0.1) is 0 Å². The van der Waals surface area contributed by atoms with Gasteiger partial charge in [0.2, 0.25) is 0 Å². The second kappa shape index (κ2) is 6.27. The molecule has 3 rings (SSSR count). The zero-order chi connectivity index (χ0) is 18.4. The van der Waals surface area contributed by atoms with Crippen LogP contribution in [0.25, 0.3) is 0 Å². The van der Waals surface area contributed by atoms with Crippen molar-refractivity contribution >= 4 is 6.09 Å². The lowest BCUT2D eigenvalue weighted by Crippen LogP contribution is -2.54. The second-order valence-electron chi connectivity index (χ2n) is 8.67. The van der Waals surface area contributed by atoms with Crippen molar-refractivity contribution in [2.24, 2.45) is 0 Å². The SMILES string of the molecule is Cc1ccc(CC2(O)CC3CCC(C2)N3C(=O)OC(C)(C)C)cc1F. The fourth-order valence-corrected chi connectivity index (χ4v) is 4.21. The summed E-state index contributed by atoms with van der Waals surface area (Å²) >= 11 is 0. The third kappa shape index (κ3) is 3.97. The van der Waals surface area contributed by atoms with Crippen molar-refractivity contribution in [2.75, 3.05) is 0 Å². The van der Waals surface area contributed by atoms with Gasteiger partial charge in [0.25, 0.3) is 0 Å². The molecule has 2 fully saturated rings. The molecule has 1 aromatic rings. The van der Waals surface area contributed by atoms with Gasteiger partial charge >= 0.3 is 6.09 Å². The Labute approximate surface area is 149 Å². The first-order valence-corrected chi connectivity index (χ1v) is 9.05. The van der Waals surface area contributed by atoms with Gasteiger partial charge in [-0.25, -0.2) is 9.18 Å². The van der Waals surface area contributed by atoms with Gasteiger partial charge in [0, 0.05) is 18.5 Å². The van der Waals surface area contributed by atoms with E-state index in [9.17, 15) is 14.3 Å². The van der Waals surface area contributed by atoms with E-state index in [2.05, 4.69) is 0 Å². The zero-order valence-corrected chi connectivity index (χ0v) is 15.5. The molecule has 4 nitrogen and oxygen atoms in total. The van der Waals surface area contributed by atoms with Crippen molar-refractivity contribution in [2.45, 2.75) is 83.1 Å². The molecule has 5 heteroatoms. The molecule has 0 radical (unpaired) electrons. The van der Waals surface area contributed by atoms with E-state index >= 15 is 0 Å². The Kier molecular flexibility index (Phi) is 4.56. The molecule has 2 atom stereocenters. The van der Waals surface area contributed by atoms with Crippen LogP contribution in [0.5, 0.6) is 0 Å². The van der Waals surface area contributed by atoms with Gasteiger partial charge in [-0.1, -0.05) is 12.1 Å². The molecule has 0 saturated carbocycles. The highest BCUT2D eigenvalue weighted by molar-refractivity contribution is 5.69. The fraction of sp³-hybridized carbons (Fsp3) is 0.650. The molecule has 2 aliphatic rings. The van der Waals surface area contributed by atoms with Crippen LogP contribution in [0.3, 0.4) is 0 Å². The maximum atomic E-state index is 13.8. The topological polar surface area (TPSA) is 49.8 Å². The Hall–Kier alpha value is -1.62. The van der Waals surface area contributed by atoms with E-state index in [1.807, 2.05) is 31.7 Å². The van der Waals surface area contributed by atoms with E-state index in [0.717, 1.165) is 18.4 Å². The van der Waals surface area contributed by atoms with Gasteiger partial charge in [0.15, 0.2) is 0 Å². The van der Waals surface area contributed by atoms with Crippen LogP contribution >= 0.6 is 0 Å². The number of carbonyl (C=O) groups excluding carboxylic acids is 1. The van der Waals surface area contributed by atoms with Gasteiger partial charge in [-0.3, -0.25) is 0 Å². The number of carbonyl (C=O) groups is 1. The molecular formula is C20H28FNO3. The summed E-state index contributed by atoms with van der Waals surface area (Å²) in [6.07, 6.45) is 2.92. The summed E-state index contributed by atoms with van der Waals surface area (Å²) in [5.74, 6) is -0.240. The number of amides is 1. The first-order valence-electron chi connectivity index (χ1n) is 9.05. The maximum Gasteiger partial charge on any atom is 0.410 e. The summed E-state index contributed by atoms with van der Waals surface area (Å²) in [5.41, 5.74) is -0.0123. The lowest BCUT2D eigenvalue weighted by atomic mass is 9.81. The van der Waals surface area contributed by atoms with Crippen LogP contribution < -0.4 is 0 Å². The van der Waals surface area contributed by atoms with E-state index in [1.165, 1.54) is 6.07 Å². The Morgan fingerprint density at radius 2 is 1.92 bits per heavy atom. The number of benzene rings is 1. The smallest absolute Gasteiger partial charge is 0.410 e. The van der Waals surface area contributed by atoms with Crippen molar-refractivity contribution < 1.29 is 19.0 Å². The Morgan fingerprint density at radius 1 is 1.32 bits per heavy atom. The number of hydrogen-bond acceptors (Lipinski definition) is 3. The molecule has 0 aliphatic carbocycles. The molecule has 1 aromatic carbocycles. The number of aryl methyl sites for hydroxylation is 1. The third-order valence-corrected chi connectivity index (χ3v) is 5.22. The van der Waals surface area contributed by atoms with E-state index in [-0.39, 0.29) is 24.0 Å². The van der Waals surface area contributed by atoms with Crippen LogP contribution in [0.15, 0.2) is 18.2 Å². The third-order valence-electron chi connectivity index (χ3n) is 5.22. The number of aliphatic hydroxyl groups is 1. The molecule has 0 spiro atoms. The van der Waals surface area contributed by atoms with Crippen molar-refractivity contribution in [3.8, 4) is 0 Å². The number of fused-ring (bicyclic) bond motifs is 2. The molecule has 2 unspecified atom stereocenters. The van der Waals surface area contributed by atoms with Crippen LogP contribution in [0.2, 0.25) is 0 Å². The van der Waals surface area contributed by atoms with Crippen molar-refractivity contribution in [3.63, 3.8) is 0 Å². The molecule has 2 bridgehead atoms. The second-order valence-corrected chi connectivity index (χ2v) is 8.67. The predicted molar refractivity (Wildman–Crippen MR) is 93.9 cm³/mol. The number of hydrogen-bond donors (Lipinski definition) is 1.